The largest absolute Gasteiger partial charge is 0.508 e. The van der Waals surface area contributed by atoms with E-state index in [0.717, 1.165) is 27.1 Å². The lowest BCUT2D eigenvalue weighted by Crippen LogP contribution is -2.19. The average molecular weight is 564 g/mol. The lowest BCUT2D eigenvalue weighted by molar-refractivity contribution is 0.262. The number of amides is 2. The molecular formula is C26H20BrClN6O2. The van der Waals surface area contributed by atoms with Gasteiger partial charge in [0, 0.05) is 40.6 Å². The van der Waals surface area contributed by atoms with Gasteiger partial charge in [0.1, 0.15) is 11.6 Å². The molecule has 10 heteroatoms. The fraction of sp³-hybridized carbons (Fsp3) is 0.0385. The number of aromatic hydroxyl groups is 1. The lowest BCUT2D eigenvalue weighted by atomic mass is 10.1. The number of hydrogen-bond acceptors (Lipinski definition) is 5. The van der Waals surface area contributed by atoms with E-state index in [1.54, 1.807) is 28.9 Å². The molecule has 0 atom stereocenters. The van der Waals surface area contributed by atoms with E-state index in [1.807, 2.05) is 48.5 Å². The Bertz CT molecular complexity index is 1570. The van der Waals surface area contributed by atoms with Gasteiger partial charge in [0.2, 0.25) is 0 Å². The van der Waals surface area contributed by atoms with Crippen LogP contribution in [0.2, 0.25) is 5.02 Å². The molecule has 0 fully saturated rings. The van der Waals surface area contributed by atoms with Gasteiger partial charge in [-0.1, -0.05) is 48.0 Å². The van der Waals surface area contributed by atoms with Crippen molar-refractivity contribution in [3.05, 3.63) is 100 Å². The number of nitrogens with zero attached hydrogens (tertiary/aromatic N) is 3. The van der Waals surface area contributed by atoms with Crippen LogP contribution in [0.15, 0.2) is 89.5 Å². The Morgan fingerprint density at radius 3 is 2.50 bits per heavy atom. The van der Waals surface area contributed by atoms with E-state index >= 15 is 0 Å². The van der Waals surface area contributed by atoms with Gasteiger partial charge in [0.25, 0.3) is 0 Å². The molecule has 0 radical (unpaired) electrons. The van der Waals surface area contributed by atoms with Crippen molar-refractivity contribution >= 4 is 56.4 Å². The highest BCUT2D eigenvalue weighted by atomic mass is 79.9. The molecule has 180 valence electrons. The summed E-state index contributed by atoms with van der Waals surface area (Å²) >= 11 is 9.94. The second-order valence-electron chi connectivity index (χ2n) is 7.92. The zero-order valence-electron chi connectivity index (χ0n) is 18.7. The molecule has 36 heavy (non-hydrogen) atoms. The number of anilines is 3. The molecule has 0 aliphatic carbocycles. The van der Waals surface area contributed by atoms with Gasteiger partial charge in [-0.3, -0.25) is 0 Å². The first kappa shape index (κ1) is 23.7. The number of halogens is 2. The van der Waals surface area contributed by atoms with E-state index in [-0.39, 0.29) is 5.75 Å². The van der Waals surface area contributed by atoms with E-state index in [1.165, 1.54) is 12.1 Å². The first-order valence-corrected chi connectivity index (χ1v) is 12.1. The number of urea groups is 1. The highest BCUT2D eigenvalue weighted by molar-refractivity contribution is 9.10. The summed E-state index contributed by atoms with van der Waals surface area (Å²) in [4.78, 5) is 17.1. The van der Waals surface area contributed by atoms with Gasteiger partial charge < -0.3 is 21.1 Å². The summed E-state index contributed by atoms with van der Waals surface area (Å²) in [6, 6.07) is 22.9. The molecular weight excluding hydrogens is 544 g/mol. The minimum atomic E-state index is -0.410. The molecule has 0 bridgehead atoms. The molecule has 3 aromatic carbocycles. The van der Waals surface area contributed by atoms with Crippen LogP contribution in [0, 0.1) is 0 Å². The standard InChI is InChI=1S/C26H20BrClN6O2/c27-21-15-30-34-24(13-23(33-25(21)34)20-9-1-2-10-22(20)28)29-14-16-5-3-6-17(11-16)31-26(36)32-18-7-4-8-19(35)12-18/h1-13,15,29,35H,14H2,(H2,31,32,36). The van der Waals surface area contributed by atoms with Crippen molar-refractivity contribution in [2.45, 2.75) is 6.54 Å². The number of hydrogen-bond donors (Lipinski definition) is 4. The second-order valence-corrected chi connectivity index (χ2v) is 9.18. The number of phenols is 1. The van der Waals surface area contributed by atoms with Crippen molar-refractivity contribution in [2.24, 2.45) is 0 Å². The van der Waals surface area contributed by atoms with Gasteiger partial charge in [-0.2, -0.15) is 9.61 Å². The van der Waals surface area contributed by atoms with Crippen molar-refractivity contribution in [3.63, 3.8) is 0 Å². The van der Waals surface area contributed by atoms with E-state index < -0.39 is 6.03 Å². The van der Waals surface area contributed by atoms with Crippen LogP contribution in [0.3, 0.4) is 0 Å². The quantitative estimate of drug-likeness (QED) is 0.182. The van der Waals surface area contributed by atoms with Crippen molar-refractivity contribution < 1.29 is 9.90 Å². The van der Waals surface area contributed by atoms with Gasteiger partial charge in [-0.15, -0.1) is 0 Å². The normalized spacial score (nSPS) is 10.8. The topological polar surface area (TPSA) is 104 Å². The number of nitrogens with one attached hydrogen (secondary N) is 3. The van der Waals surface area contributed by atoms with Gasteiger partial charge in [0.05, 0.1) is 16.4 Å². The van der Waals surface area contributed by atoms with Gasteiger partial charge in [0.15, 0.2) is 5.65 Å². The molecule has 0 unspecified atom stereocenters. The Morgan fingerprint density at radius 2 is 1.72 bits per heavy atom. The number of rotatable bonds is 6. The average Bonchev–Trinajstić information content (AvgIpc) is 3.24. The Hall–Kier alpha value is -4.08. The van der Waals surface area contributed by atoms with Gasteiger partial charge >= 0.3 is 6.03 Å². The zero-order chi connectivity index (χ0) is 25.1. The van der Waals surface area contributed by atoms with Gasteiger partial charge in [-0.05, 0) is 51.8 Å². The summed E-state index contributed by atoms with van der Waals surface area (Å²) < 4.78 is 2.48. The Kier molecular flexibility index (Phi) is 6.75. The van der Waals surface area contributed by atoms with E-state index in [0.29, 0.717) is 28.6 Å². The molecule has 0 aliphatic heterocycles. The van der Waals surface area contributed by atoms with Crippen LogP contribution in [0.5, 0.6) is 5.75 Å². The molecule has 2 aromatic heterocycles. The highest BCUT2D eigenvalue weighted by Gasteiger charge is 2.13. The SMILES string of the molecule is O=C(Nc1cccc(O)c1)Nc1cccc(CNc2cc(-c3ccccc3Cl)nc3c(Br)cnn23)c1. The number of fused-ring (bicyclic) bond motifs is 1. The van der Waals surface area contributed by atoms with Crippen molar-refractivity contribution in [3.8, 4) is 17.0 Å². The molecule has 5 aromatic rings. The lowest BCUT2D eigenvalue weighted by Gasteiger charge is -2.13. The molecule has 8 nitrogen and oxygen atoms in total. The maximum absolute atomic E-state index is 12.4. The fourth-order valence-electron chi connectivity index (χ4n) is 3.70. The minimum Gasteiger partial charge on any atom is -0.508 e. The smallest absolute Gasteiger partial charge is 0.323 e. The van der Waals surface area contributed by atoms with Crippen LogP contribution in [0.4, 0.5) is 22.0 Å². The van der Waals surface area contributed by atoms with Crippen LogP contribution in [-0.4, -0.2) is 25.7 Å². The molecule has 2 amide bonds. The molecule has 0 saturated carbocycles. The number of carbonyl (C=O) groups excluding carboxylic acids is 1. The number of aromatic nitrogens is 3. The van der Waals surface area contributed by atoms with Crippen LogP contribution >= 0.6 is 27.5 Å². The Morgan fingerprint density at radius 1 is 0.972 bits per heavy atom. The summed E-state index contributed by atoms with van der Waals surface area (Å²) in [6.07, 6.45) is 1.69. The number of benzene rings is 3. The van der Waals surface area contributed by atoms with E-state index in [4.69, 9.17) is 16.6 Å². The summed E-state index contributed by atoms with van der Waals surface area (Å²) in [5.41, 5.74) is 4.27. The van der Waals surface area contributed by atoms with Crippen LogP contribution in [-0.2, 0) is 6.54 Å². The molecule has 0 aliphatic rings. The fourth-order valence-corrected chi connectivity index (χ4v) is 4.28. The second kappa shape index (κ2) is 10.3. The molecule has 0 saturated heterocycles. The first-order valence-electron chi connectivity index (χ1n) is 11.0. The Balaban J connectivity index is 1.34. The summed E-state index contributed by atoms with van der Waals surface area (Å²) in [6.45, 7) is 0.474. The zero-order valence-corrected chi connectivity index (χ0v) is 21.1. The van der Waals surface area contributed by atoms with E-state index in [9.17, 15) is 9.90 Å². The van der Waals surface area contributed by atoms with E-state index in [2.05, 4.69) is 37.0 Å². The molecule has 2 heterocycles. The monoisotopic (exact) mass is 562 g/mol. The maximum Gasteiger partial charge on any atom is 0.323 e. The van der Waals surface area contributed by atoms with Crippen molar-refractivity contribution in [1.82, 2.24) is 14.6 Å². The first-order chi connectivity index (χ1) is 17.5. The molecule has 5 rings (SSSR count). The number of phenolic OH excluding ortho intramolecular Hbond substituents is 1. The Labute approximate surface area is 220 Å². The maximum atomic E-state index is 12.4. The van der Waals surface area contributed by atoms with Crippen LogP contribution < -0.4 is 16.0 Å². The summed E-state index contributed by atoms with van der Waals surface area (Å²) in [7, 11) is 0. The predicted molar refractivity (Wildman–Crippen MR) is 146 cm³/mol. The number of carbonyl (C=O) groups is 1. The van der Waals surface area contributed by atoms with Gasteiger partial charge in [-0.25, -0.2) is 9.78 Å². The molecule has 4 N–H and O–H groups in total. The third-order valence-corrected chi connectivity index (χ3v) is 6.23. The minimum absolute atomic E-state index is 0.0768. The highest BCUT2D eigenvalue weighted by Crippen LogP contribution is 2.30. The summed E-state index contributed by atoms with van der Waals surface area (Å²) in [5, 5.41) is 23.5. The van der Waals surface area contributed by atoms with Crippen molar-refractivity contribution in [2.75, 3.05) is 16.0 Å². The summed E-state index contributed by atoms with van der Waals surface area (Å²) in [5.74, 6) is 0.814. The van der Waals surface area contributed by atoms with Crippen LogP contribution in [0.25, 0.3) is 16.9 Å². The van der Waals surface area contributed by atoms with Crippen LogP contribution in [0.1, 0.15) is 5.56 Å². The third kappa shape index (κ3) is 5.27. The van der Waals surface area contributed by atoms with Crippen molar-refractivity contribution in [1.29, 1.82) is 0 Å². The third-order valence-electron chi connectivity index (χ3n) is 5.34. The molecule has 0 spiro atoms. The predicted octanol–water partition coefficient (Wildman–Crippen LogP) is 6.77.